The number of benzene rings is 1. The van der Waals surface area contributed by atoms with Gasteiger partial charge >= 0.3 is 0 Å². The van der Waals surface area contributed by atoms with E-state index in [0.29, 0.717) is 11.2 Å². The molecular formula is C18H17FN4O2S. The number of H-pyrrole nitrogens is 1. The minimum atomic E-state index is -4.03. The molecule has 0 unspecified atom stereocenters. The third kappa shape index (κ3) is 2.66. The van der Waals surface area contributed by atoms with E-state index in [-0.39, 0.29) is 21.1 Å². The van der Waals surface area contributed by atoms with Gasteiger partial charge in [-0.25, -0.2) is 22.8 Å². The van der Waals surface area contributed by atoms with E-state index in [9.17, 15) is 12.8 Å². The highest BCUT2D eigenvalue weighted by atomic mass is 32.2. The molecule has 4 rings (SSSR count). The molecule has 6 nitrogen and oxygen atoms in total. The fourth-order valence-corrected chi connectivity index (χ4v) is 4.83. The molecule has 8 heteroatoms. The van der Waals surface area contributed by atoms with Gasteiger partial charge in [0.15, 0.2) is 0 Å². The molecule has 0 atom stereocenters. The number of nitrogens with two attached hydrogens (primary N) is 1. The largest absolute Gasteiger partial charge is 0.384 e. The van der Waals surface area contributed by atoms with Crippen molar-refractivity contribution in [1.29, 1.82) is 0 Å². The zero-order valence-corrected chi connectivity index (χ0v) is 14.7. The molecule has 0 aliphatic heterocycles. The van der Waals surface area contributed by atoms with Crippen LogP contribution in [0.5, 0.6) is 0 Å². The molecule has 1 aromatic carbocycles. The fraction of sp³-hybridized carbons (Fsp3) is 0.222. The van der Waals surface area contributed by atoms with Gasteiger partial charge in [0, 0.05) is 0 Å². The normalized spacial score (nSPS) is 15.2. The number of hydrogen-bond donors (Lipinski definition) is 2. The number of anilines is 1. The molecule has 0 spiro atoms. The second kappa shape index (κ2) is 6.21. The molecule has 0 radical (unpaired) electrons. The van der Waals surface area contributed by atoms with Gasteiger partial charge in [0.1, 0.15) is 28.4 Å². The van der Waals surface area contributed by atoms with Crippen molar-refractivity contribution < 1.29 is 12.8 Å². The zero-order valence-electron chi connectivity index (χ0n) is 13.9. The fourth-order valence-electron chi connectivity index (χ4n) is 3.32. The predicted octanol–water partition coefficient (Wildman–Crippen LogP) is 3.47. The van der Waals surface area contributed by atoms with Crippen molar-refractivity contribution in [3.63, 3.8) is 0 Å². The van der Waals surface area contributed by atoms with Gasteiger partial charge in [-0.05, 0) is 49.5 Å². The lowest BCUT2D eigenvalue weighted by molar-refractivity contribution is 0.592. The number of aromatic amines is 1. The summed E-state index contributed by atoms with van der Waals surface area (Å²) < 4.78 is 39.6. The number of nitrogens with one attached hydrogen (secondary N) is 1. The summed E-state index contributed by atoms with van der Waals surface area (Å²) >= 11 is 0. The van der Waals surface area contributed by atoms with Crippen molar-refractivity contribution in [3.8, 4) is 0 Å². The Morgan fingerprint density at radius 2 is 2.04 bits per heavy atom. The summed E-state index contributed by atoms with van der Waals surface area (Å²) in [5.41, 5.74) is 8.44. The summed E-state index contributed by atoms with van der Waals surface area (Å²) in [5.74, 6) is -0.658. The highest BCUT2D eigenvalue weighted by Gasteiger charge is 2.28. The smallest absolute Gasteiger partial charge is 0.212 e. The minimum absolute atomic E-state index is 0.0255. The first kappa shape index (κ1) is 16.7. The van der Waals surface area contributed by atoms with Crippen LogP contribution in [0.15, 0.2) is 46.5 Å². The number of rotatable bonds is 3. The summed E-state index contributed by atoms with van der Waals surface area (Å²) in [6.07, 6.45) is 7.47. The minimum Gasteiger partial charge on any atom is -0.384 e. The summed E-state index contributed by atoms with van der Waals surface area (Å²) in [6, 6.07) is 4.84. The van der Waals surface area contributed by atoms with Crippen LogP contribution in [0, 0.1) is 5.82 Å². The molecule has 3 aromatic rings. The Balaban J connectivity index is 1.95. The van der Waals surface area contributed by atoms with Crippen molar-refractivity contribution in [2.45, 2.75) is 35.5 Å². The van der Waals surface area contributed by atoms with E-state index < -0.39 is 15.7 Å². The molecule has 2 aromatic heterocycles. The van der Waals surface area contributed by atoms with Crippen LogP contribution in [0.1, 0.15) is 31.4 Å². The summed E-state index contributed by atoms with van der Waals surface area (Å²) in [6.45, 7) is 0. The lowest BCUT2D eigenvalue weighted by atomic mass is 9.96. The van der Waals surface area contributed by atoms with E-state index in [1.54, 1.807) is 0 Å². The van der Waals surface area contributed by atoms with Crippen LogP contribution in [0.3, 0.4) is 0 Å². The van der Waals surface area contributed by atoms with Gasteiger partial charge in [-0.3, -0.25) is 0 Å². The topological polar surface area (TPSA) is 102 Å². The van der Waals surface area contributed by atoms with Gasteiger partial charge in [0.25, 0.3) is 0 Å². The molecule has 0 amide bonds. The van der Waals surface area contributed by atoms with E-state index >= 15 is 0 Å². The van der Waals surface area contributed by atoms with Crippen LogP contribution in [0.25, 0.3) is 16.6 Å². The number of aromatic nitrogens is 3. The molecule has 0 bridgehead atoms. The Morgan fingerprint density at radius 3 is 2.77 bits per heavy atom. The third-order valence-electron chi connectivity index (χ3n) is 4.54. The Kier molecular flexibility index (Phi) is 3.99. The second-order valence-corrected chi connectivity index (χ2v) is 8.14. The number of fused-ring (bicyclic) bond motifs is 1. The molecule has 2 heterocycles. The first-order chi connectivity index (χ1) is 12.5. The third-order valence-corrected chi connectivity index (χ3v) is 6.36. The maximum atomic E-state index is 13.5. The molecular weight excluding hydrogens is 355 g/mol. The van der Waals surface area contributed by atoms with Crippen molar-refractivity contribution in [1.82, 2.24) is 15.0 Å². The van der Waals surface area contributed by atoms with Crippen LogP contribution < -0.4 is 5.73 Å². The molecule has 0 saturated heterocycles. The molecule has 134 valence electrons. The Morgan fingerprint density at radius 1 is 1.19 bits per heavy atom. The van der Waals surface area contributed by atoms with Gasteiger partial charge in [-0.1, -0.05) is 12.1 Å². The number of nitrogen functional groups attached to an aromatic ring is 1. The Bertz CT molecular complexity index is 1140. The number of allylic oxidation sites excluding steroid dienone is 2. The van der Waals surface area contributed by atoms with Crippen molar-refractivity contribution in [2.75, 3.05) is 5.73 Å². The lowest BCUT2D eigenvalue weighted by Gasteiger charge is -2.12. The number of hydrogen-bond acceptors (Lipinski definition) is 5. The van der Waals surface area contributed by atoms with Gasteiger partial charge in [-0.2, -0.15) is 0 Å². The average molecular weight is 372 g/mol. The summed E-state index contributed by atoms with van der Waals surface area (Å²) in [5, 5.41) is 0. The van der Waals surface area contributed by atoms with Crippen LogP contribution in [0.4, 0.5) is 10.2 Å². The maximum absolute atomic E-state index is 13.5. The number of sulfone groups is 1. The first-order valence-electron chi connectivity index (χ1n) is 8.30. The SMILES string of the molecule is Nc1[nH]c2c(C3=CCCCC3)ncnc2c1S(=O)(=O)c1cccc(F)c1. The van der Waals surface area contributed by atoms with Crippen molar-refractivity contribution in [2.24, 2.45) is 0 Å². The standard InChI is InChI=1S/C18H17FN4O2S/c19-12-7-4-8-13(9-12)26(24,25)17-16-15(23-18(17)20)14(21-10-22-16)11-5-2-1-3-6-11/h4-5,7-10,23H,1-3,6,20H2. The Hall–Kier alpha value is -2.74. The van der Waals surface area contributed by atoms with E-state index in [0.717, 1.165) is 37.3 Å². The average Bonchev–Trinajstić information content (AvgIpc) is 2.99. The zero-order chi connectivity index (χ0) is 18.3. The molecule has 0 saturated carbocycles. The number of halogens is 1. The van der Waals surface area contributed by atoms with Crippen LogP contribution in [-0.2, 0) is 9.84 Å². The summed E-state index contributed by atoms with van der Waals surface area (Å²) in [4.78, 5) is 11.1. The monoisotopic (exact) mass is 372 g/mol. The van der Waals surface area contributed by atoms with Crippen molar-refractivity contribution in [3.05, 3.63) is 48.2 Å². The van der Waals surface area contributed by atoms with Gasteiger partial charge in [0.2, 0.25) is 9.84 Å². The van der Waals surface area contributed by atoms with E-state index in [1.807, 2.05) is 0 Å². The Labute approximate surface area is 149 Å². The lowest BCUT2D eigenvalue weighted by Crippen LogP contribution is -2.05. The maximum Gasteiger partial charge on any atom is 0.212 e. The second-order valence-electron chi connectivity index (χ2n) is 6.25. The van der Waals surface area contributed by atoms with E-state index in [4.69, 9.17) is 5.73 Å². The molecule has 26 heavy (non-hydrogen) atoms. The first-order valence-corrected chi connectivity index (χ1v) is 9.79. The van der Waals surface area contributed by atoms with Crippen LogP contribution in [-0.4, -0.2) is 23.4 Å². The number of nitrogens with zero attached hydrogens (tertiary/aromatic N) is 2. The molecule has 3 N–H and O–H groups in total. The highest BCUT2D eigenvalue weighted by molar-refractivity contribution is 7.92. The summed E-state index contributed by atoms with van der Waals surface area (Å²) in [7, 11) is -4.03. The van der Waals surface area contributed by atoms with E-state index in [2.05, 4.69) is 21.0 Å². The van der Waals surface area contributed by atoms with Gasteiger partial charge in [0.05, 0.1) is 16.1 Å². The van der Waals surface area contributed by atoms with Crippen LogP contribution in [0.2, 0.25) is 0 Å². The molecule has 0 fully saturated rings. The molecule has 1 aliphatic rings. The quantitative estimate of drug-likeness (QED) is 0.733. The van der Waals surface area contributed by atoms with Gasteiger partial charge < -0.3 is 10.7 Å². The highest BCUT2D eigenvalue weighted by Crippen LogP contribution is 2.36. The van der Waals surface area contributed by atoms with E-state index in [1.165, 1.54) is 24.5 Å². The predicted molar refractivity (Wildman–Crippen MR) is 96.6 cm³/mol. The van der Waals surface area contributed by atoms with Crippen LogP contribution >= 0.6 is 0 Å². The van der Waals surface area contributed by atoms with Crippen molar-refractivity contribution >= 4 is 32.3 Å². The van der Waals surface area contributed by atoms with Gasteiger partial charge in [-0.15, -0.1) is 0 Å². The molecule has 1 aliphatic carbocycles.